The van der Waals surface area contributed by atoms with E-state index in [9.17, 15) is 22.4 Å². The van der Waals surface area contributed by atoms with Gasteiger partial charge >= 0.3 is 5.97 Å². The van der Waals surface area contributed by atoms with Gasteiger partial charge in [0.25, 0.3) is 10.0 Å². The lowest BCUT2D eigenvalue weighted by Gasteiger charge is -2.24. The molecule has 7 nitrogen and oxygen atoms in total. The highest BCUT2D eigenvalue weighted by Gasteiger charge is 2.29. The minimum Gasteiger partial charge on any atom is -0.462 e. The molecule has 0 fully saturated rings. The van der Waals surface area contributed by atoms with E-state index in [1.165, 1.54) is 42.5 Å². The summed E-state index contributed by atoms with van der Waals surface area (Å²) in [5.74, 6) is -2.05. The molecule has 9 heteroatoms. The Morgan fingerprint density at radius 3 is 2.36 bits per heavy atom. The van der Waals surface area contributed by atoms with Crippen molar-refractivity contribution in [2.75, 3.05) is 22.8 Å². The van der Waals surface area contributed by atoms with Gasteiger partial charge in [0.1, 0.15) is 12.4 Å². The van der Waals surface area contributed by atoms with Crippen LogP contribution < -0.4 is 9.62 Å². The summed E-state index contributed by atoms with van der Waals surface area (Å²) in [7, 11) is -4.25. The summed E-state index contributed by atoms with van der Waals surface area (Å²) in [5.41, 5.74) is 1.10. The third-order valence-electron chi connectivity index (χ3n) is 4.67. The van der Waals surface area contributed by atoms with E-state index in [0.29, 0.717) is 0 Å². The van der Waals surface area contributed by atoms with Gasteiger partial charge in [0.05, 0.1) is 22.8 Å². The Morgan fingerprint density at radius 2 is 1.70 bits per heavy atom. The lowest BCUT2D eigenvalue weighted by atomic mass is 10.2. The molecule has 0 atom stereocenters. The highest BCUT2D eigenvalue weighted by Crippen LogP contribution is 2.26. The topological polar surface area (TPSA) is 92.8 Å². The molecule has 0 aromatic heterocycles. The van der Waals surface area contributed by atoms with E-state index in [-0.39, 0.29) is 28.4 Å². The van der Waals surface area contributed by atoms with E-state index in [2.05, 4.69) is 5.32 Å². The van der Waals surface area contributed by atoms with E-state index in [0.717, 1.165) is 15.9 Å². The number of halogens is 1. The molecule has 0 heterocycles. The largest absolute Gasteiger partial charge is 0.462 e. The smallest absolute Gasteiger partial charge is 0.338 e. The monoisotopic (exact) mass is 470 g/mol. The number of benzene rings is 3. The molecule has 0 unspecified atom stereocenters. The summed E-state index contributed by atoms with van der Waals surface area (Å²) in [6.45, 7) is 3.00. The van der Waals surface area contributed by atoms with Gasteiger partial charge in [-0.05, 0) is 56.3 Å². The summed E-state index contributed by atoms with van der Waals surface area (Å²) < 4.78 is 46.9. The number of carbonyl (C=O) groups excluding carboxylic acids is 2. The molecule has 1 amide bonds. The molecule has 0 saturated heterocycles. The van der Waals surface area contributed by atoms with Gasteiger partial charge in [0.2, 0.25) is 5.91 Å². The molecular formula is C24H23FN2O5S. The number of nitrogens with one attached hydrogen (secondary N) is 1. The first-order valence-electron chi connectivity index (χ1n) is 10.1. The Hall–Kier alpha value is -3.72. The molecule has 1 N–H and O–H groups in total. The first kappa shape index (κ1) is 23.9. The van der Waals surface area contributed by atoms with E-state index < -0.39 is 34.3 Å². The Morgan fingerprint density at radius 1 is 1.00 bits per heavy atom. The fraction of sp³-hybridized carbons (Fsp3) is 0.167. The molecule has 0 spiro atoms. The van der Waals surface area contributed by atoms with Crippen molar-refractivity contribution in [2.45, 2.75) is 18.7 Å². The SMILES string of the molecule is CCOC(=O)c1cccc(NC(=O)CN(c2ccccc2F)S(=O)(=O)c2ccc(C)cc2)c1. The second-order valence-electron chi connectivity index (χ2n) is 7.13. The van der Waals surface area contributed by atoms with Crippen LogP contribution >= 0.6 is 0 Å². The van der Waals surface area contributed by atoms with Gasteiger partial charge in [-0.25, -0.2) is 17.6 Å². The first-order valence-corrected chi connectivity index (χ1v) is 11.6. The number of rotatable bonds is 8. The molecule has 0 aliphatic rings. The Kier molecular flexibility index (Phi) is 7.44. The van der Waals surface area contributed by atoms with Crippen LogP contribution in [0.5, 0.6) is 0 Å². The Labute approximate surface area is 191 Å². The standard InChI is InChI=1S/C24H23FN2O5S/c1-3-32-24(29)18-7-6-8-19(15-18)26-23(28)16-27(22-10-5-4-9-21(22)25)33(30,31)20-13-11-17(2)12-14-20/h4-15H,3,16H2,1-2H3,(H,26,28). The van der Waals surface area contributed by atoms with E-state index in [4.69, 9.17) is 4.74 Å². The number of aryl methyl sites for hydroxylation is 1. The predicted octanol–water partition coefficient (Wildman–Crippen LogP) is 4.14. The van der Waals surface area contributed by atoms with Crippen molar-refractivity contribution >= 4 is 33.3 Å². The third-order valence-corrected chi connectivity index (χ3v) is 6.45. The first-order chi connectivity index (χ1) is 15.7. The molecule has 172 valence electrons. The average molecular weight is 471 g/mol. The second kappa shape index (κ2) is 10.3. The zero-order valence-corrected chi connectivity index (χ0v) is 18.9. The lowest BCUT2D eigenvalue weighted by Crippen LogP contribution is -2.38. The minimum atomic E-state index is -4.25. The fourth-order valence-corrected chi connectivity index (χ4v) is 4.49. The van der Waals surface area contributed by atoms with Crippen LogP contribution in [0.25, 0.3) is 0 Å². The fourth-order valence-electron chi connectivity index (χ4n) is 3.06. The van der Waals surface area contributed by atoms with Gasteiger partial charge in [0, 0.05) is 5.69 Å². The summed E-state index contributed by atoms with van der Waals surface area (Å²) in [4.78, 5) is 24.6. The molecule has 0 saturated carbocycles. The lowest BCUT2D eigenvalue weighted by molar-refractivity contribution is -0.114. The number of amides is 1. The molecule has 3 rings (SSSR count). The number of esters is 1. The van der Waals surface area contributed by atoms with Crippen LogP contribution in [0.3, 0.4) is 0 Å². The number of para-hydroxylation sites is 1. The number of sulfonamides is 1. The normalized spacial score (nSPS) is 11.0. The maximum Gasteiger partial charge on any atom is 0.338 e. The molecule has 3 aromatic carbocycles. The molecular weight excluding hydrogens is 447 g/mol. The number of hydrogen-bond donors (Lipinski definition) is 1. The van der Waals surface area contributed by atoms with Crippen molar-refractivity contribution in [1.82, 2.24) is 0 Å². The molecule has 0 bridgehead atoms. The van der Waals surface area contributed by atoms with Crippen molar-refractivity contribution in [1.29, 1.82) is 0 Å². The Bertz CT molecular complexity index is 1260. The summed E-state index contributed by atoms with van der Waals surface area (Å²) in [5, 5.41) is 2.56. The molecule has 0 aliphatic carbocycles. The number of nitrogens with zero attached hydrogens (tertiary/aromatic N) is 1. The van der Waals surface area contributed by atoms with Crippen LogP contribution in [0, 0.1) is 12.7 Å². The molecule has 0 radical (unpaired) electrons. The van der Waals surface area contributed by atoms with Crippen molar-refractivity contribution in [3.63, 3.8) is 0 Å². The molecule has 3 aromatic rings. The minimum absolute atomic E-state index is 0.0755. The van der Waals surface area contributed by atoms with E-state index in [1.54, 1.807) is 31.2 Å². The maximum atomic E-state index is 14.6. The van der Waals surface area contributed by atoms with Crippen LogP contribution in [-0.4, -0.2) is 33.4 Å². The van der Waals surface area contributed by atoms with Gasteiger partial charge in [-0.15, -0.1) is 0 Å². The van der Waals surface area contributed by atoms with Crippen molar-refractivity contribution < 1.29 is 27.1 Å². The van der Waals surface area contributed by atoms with Gasteiger partial charge in [-0.1, -0.05) is 35.9 Å². The number of anilines is 2. The van der Waals surface area contributed by atoms with Crippen LogP contribution in [-0.2, 0) is 19.6 Å². The maximum absolute atomic E-state index is 14.6. The van der Waals surface area contributed by atoms with E-state index >= 15 is 0 Å². The van der Waals surface area contributed by atoms with Crippen molar-refractivity contribution in [2.24, 2.45) is 0 Å². The number of ether oxygens (including phenoxy) is 1. The van der Waals surface area contributed by atoms with Gasteiger partial charge < -0.3 is 10.1 Å². The quantitative estimate of drug-likeness (QED) is 0.500. The summed E-state index contributed by atoms with van der Waals surface area (Å²) >= 11 is 0. The zero-order valence-electron chi connectivity index (χ0n) is 18.1. The van der Waals surface area contributed by atoms with Crippen LogP contribution in [0.1, 0.15) is 22.8 Å². The van der Waals surface area contributed by atoms with Crippen molar-refractivity contribution in [3.05, 3.63) is 89.7 Å². The summed E-state index contributed by atoms with van der Waals surface area (Å²) in [6.07, 6.45) is 0. The number of carbonyl (C=O) groups is 2. The number of hydrogen-bond acceptors (Lipinski definition) is 5. The van der Waals surface area contributed by atoms with Gasteiger partial charge in [0.15, 0.2) is 0 Å². The van der Waals surface area contributed by atoms with Crippen LogP contribution in [0.15, 0.2) is 77.7 Å². The zero-order chi connectivity index (χ0) is 24.0. The summed E-state index contributed by atoms with van der Waals surface area (Å²) in [6, 6.07) is 17.4. The third kappa shape index (κ3) is 5.75. The predicted molar refractivity (Wildman–Crippen MR) is 123 cm³/mol. The molecule has 0 aliphatic heterocycles. The van der Waals surface area contributed by atoms with Gasteiger partial charge in [-0.3, -0.25) is 9.10 Å². The second-order valence-corrected chi connectivity index (χ2v) is 8.99. The highest BCUT2D eigenvalue weighted by atomic mass is 32.2. The average Bonchev–Trinajstić information content (AvgIpc) is 2.78. The van der Waals surface area contributed by atoms with Crippen molar-refractivity contribution in [3.8, 4) is 0 Å². The Balaban J connectivity index is 1.91. The van der Waals surface area contributed by atoms with E-state index in [1.807, 2.05) is 6.92 Å². The highest BCUT2D eigenvalue weighted by molar-refractivity contribution is 7.92. The van der Waals surface area contributed by atoms with Crippen LogP contribution in [0.2, 0.25) is 0 Å². The molecule has 33 heavy (non-hydrogen) atoms. The van der Waals surface area contributed by atoms with Crippen LogP contribution in [0.4, 0.5) is 15.8 Å². The van der Waals surface area contributed by atoms with Gasteiger partial charge in [-0.2, -0.15) is 0 Å².